The summed E-state index contributed by atoms with van der Waals surface area (Å²) in [4.78, 5) is 0.381. The SMILES string of the molecule is CC1CCC2(CN1)NC(C)CS2. The first-order valence-corrected chi connectivity index (χ1v) is 5.84. The average molecular weight is 186 g/mol. The van der Waals surface area contributed by atoms with Crippen LogP contribution in [0.2, 0.25) is 0 Å². The van der Waals surface area contributed by atoms with Gasteiger partial charge in [0.05, 0.1) is 4.87 Å². The molecule has 70 valence electrons. The molecule has 0 aromatic carbocycles. The van der Waals surface area contributed by atoms with Gasteiger partial charge in [0, 0.05) is 24.4 Å². The highest BCUT2D eigenvalue weighted by molar-refractivity contribution is 8.00. The first-order chi connectivity index (χ1) is 5.70. The van der Waals surface area contributed by atoms with Crippen LogP contribution in [0, 0.1) is 0 Å². The third kappa shape index (κ3) is 1.63. The Kier molecular flexibility index (Phi) is 2.36. The summed E-state index contributed by atoms with van der Waals surface area (Å²) in [5.74, 6) is 1.27. The van der Waals surface area contributed by atoms with Crippen molar-refractivity contribution in [2.24, 2.45) is 0 Å². The largest absolute Gasteiger partial charge is 0.312 e. The smallest absolute Gasteiger partial charge is 0.0774 e. The number of rotatable bonds is 0. The van der Waals surface area contributed by atoms with E-state index in [-0.39, 0.29) is 0 Å². The fourth-order valence-electron chi connectivity index (χ4n) is 2.04. The van der Waals surface area contributed by atoms with Crippen molar-refractivity contribution in [2.75, 3.05) is 12.3 Å². The van der Waals surface area contributed by atoms with Crippen LogP contribution in [0.15, 0.2) is 0 Å². The lowest BCUT2D eigenvalue weighted by Gasteiger charge is -2.36. The van der Waals surface area contributed by atoms with Crippen molar-refractivity contribution in [2.45, 2.75) is 43.6 Å². The van der Waals surface area contributed by atoms with Crippen molar-refractivity contribution >= 4 is 11.8 Å². The first-order valence-electron chi connectivity index (χ1n) is 4.85. The molecule has 0 aromatic heterocycles. The molecule has 3 atom stereocenters. The van der Waals surface area contributed by atoms with Crippen molar-refractivity contribution in [3.05, 3.63) is 0 Å². The van der Waals surface area contributed by atoms with E-state index in [1.807, 2.05) is 0 Å². The number of nitrogens with one attached hydrogen (secondary N) is 2. The van der Waals surface area contributed by atoms with Crippen LogP contribution in [0.4, 0.5) is 0 Å². The normalized spacial score (nSPS) is 48.5. The molecule has 2 fully saturated rings. The van der Waals surface area contributed by atoms with E-state index in [4.69, 9.17) is 0 Å². The Balaban J connectivity index is 1.95. The van der Waals surface area contributed by atoms with Crippen molar-refractivity contribution < 1.29 is 0 Å². The lowest BCUT2D eigenvalue weighted by Crippen LogP contribution is -2.54. The number of hydrogen-bond donors (Lipinski definition) is 2. The minimum atomic E-state index is 0.381. The van der Waals surface area contributed by atoms with Crippen LogP contribution in [0.25, 0.3) is 0 Å². The highest BCUT2D eigenvalue weighted by Crippen LogP contribution is 2.36. The molecule has 3 heteroatoms. The third-order valence-electron chi connectivity index (χ3n) is 2.84. The maximum atomic E-state index is 3.69. The summed E-state index contributed by atoms with van der Waals surface area (Å²) in [6.45, 7) is 5.69. The van der Waals surface area contributed by atoms with Gasteiger partial charge >= 0.3 is 0 Å². The molecule has 1 spiro atoms. The monoisotopic (exact) mass is 186 g/mol. The zero-order chi connectivity index (χ0) is 8.60. The summed E-state index contributed by atoms with van der Waals surface area (Å²) >= 11 is 2.10. The van der Waals surface area contributed by atoms with Gasteiger partial charge < -0.3 is 5.32 Å². The van der Waals surface area contributed by atoms with E-state index in [2.05, 4.69) is 36.2 Å². The zero-order valence-electron chi connectivity index (χ0n) is 7.89. The Morgan fingerprint density at radius 2 is 2.17 bits per heavy atom. The molecular weight excluding hydrogens is 168 g/mol. The molecule has 0 saturated carbocycles. The Morgan fingerprint density at radius 1 is 1.33 bits per heavy atom. The number of hydrogen-bond acceptors (Lipinski definition) is 3. The lowest BCUT2D eigenvalue weighted by molar-refractivity contribution is 0.309. The molecule has 0 radical (unpaired) electrons. The Labute approximate surface area is 78.9 Å². The summed E-state index contributed by atoms with van der Waals surface area (Å²) in [6.07, 6.45) is 2.64. The van der Waals surface area contributed by atoms with Gasteiger partial charge in [-0.1, -0.05) is 0 Å². The molecule has 2 aliphatic heterocycles. The van der Waals surface area contributed by atoms with Crippen LogP contribution in [-0.2, 0) is 0 Å². The standard InChI is InChI=1S/C9H18N2S/c1-7-3-4-9(6-10-7)11-8(2)5-12-9/h7-8,10-11H,3-6H2,1-2H3. The molecule has 2 rings (SSSR count). The number of thioether (sulfide) groups is 1. The van der Waals surface area contributed by atoms with Gasteiger partial charge in [0.15, 0.2) is 0 Å². The molecule has 2 heterocycles. The van der Waals surface area contributed by atoms with Gasteiger partial charge in [-0.3, -0.25) is 5.32 Å². The molecule has 2 saturated heterocycles. The fourth-order valence-corrected chi connectivity index (χ4v) is 3.43. The van der Waals surface area contributed by atoms with Gasteiger partial charge in [-0.2, -0.15) is 0 Å². The topological polar surface area (TPSA) is 24.1 Å². The van der Waals surface area contributed by atoms with Crippen LogP contribution in [0.3, 0.4) is 0 Å². The molecule has 0 amide bonds. The summed E-state index contributed by atoms with van der Waals surface area (Å²) in [7, 11) is 0. The molecular formula is C9H18N2S. The minimum Gasteiger partial charge on any atom is -0.312 e. The van der Waals surface area contributed by atoms with Crippen LogP contribution in [0.1, 0.15) is 26.7 Å². The minimum absolute atomic E-state index is 0.381. The van der Waals surface area contributed by atoms with Crippen LogP contribution in [-0.4, -0.2) is 29.3 Å². The fraction of sp³-hybridized carbons (Fsp3) is 1.00. The van der Waals surface area contributed by atoms with E-state index in [1.54, 1.807) is 0 Å². The van der Waals surface area contributed by atoms with Gasteiger partial charge in [-0.15, -0.1) is 11.8 Å². The molecule has 2 N–H and O–H groups in total. The molecule has 0 aromatic rings. The number of piperidine rings is 1. The van der Waals surface area contributed by atoms with Gasteiger partial charge in [0.25, 0.3) is 0 Å². The van der Waals surface area contributed by atoms with E-state index in [0.717, 1.165) is 6.54 Å². The third-order valence-corrected chi connectivity index (χ3v) is 4.52. The van der Waals surface area contributed by atoms with E-state index >= 15 is 0 Å². The van der Waals surface area contributed by atoms with Crippen molar-refractivity contribution in [1.29, 1.82) is 0 Å². The second kappa shape index (κ2) is 3.20. The van der Waals surface area contributed by atoms with Crippen molar-refractivity contribution in [1.82, 2.24) is 10.6 Å². The molecule has 2 aliphatic rings. The van der Waals surface area contributed by atoms with Crippen LogP contribution < -0.4 is 10.6 Å². The maximum Gasteiger partial charge on any atom is 0.0774 e. The van der Waals surface area contributed by atoms with E-state index in [0.29, 0.717) is 17.0 Å². The second-order valence-corrected chi connectivity index (χ2v) is 5.57. The first kappa shape index (κ1) is 8.85. The Morgan fingerprint density at radius 3 is 2.67 bits per heavy atom. The highest BCUT2D eigenvalue weighted by Gasteiger charge is 2.39. The maximum absolute atomic E-state index is 3.69. The van der Waals surface area contributed by atoms with E-state index in [1.165, 1.54) is 18.6 Å². The highest BCUT2D eigenvalue weighted by atomic mass is 32.2. The predicted molar refractivity (Wildman–Crippen MR) is 54.5 cm³/mol. The Bertz CT molecular complexity index is 164. The molecule has 0 aliphatic carbocycles. The molecule has 2 nitrogen and oxygen atoms in total. The quantitative estimate of drug-likeness (QED) is 0.594. The molecule has 0 bridgehead atoms. The average Bonchev–Trinajstić information content (AvgIpc) is 2.40. The summed E-state index contributed by atoms with van der Waals surface area (Å²) in [5.41, 5.74) is 0. The van der Waals surface area contributed by atoms with Gasteiger partial charge in [-0.25, -0.2) is 0 Å². The Hall–Kier alpha value is 0.270. The molecule has 12 heavy (non-hydrogen) atoms. The van der Waals surface area contributed by atoms with Crippen LogP contribution in [0.5, 0.6) is 0 Å². The van der Waals surface area contributed by atoms with Crippen molar-refractivity contribution in [3.63, 3.8) is 0 Å². The van der Waals surface area contributed by atoms with E-state index in [9.17, 15) is 0 Å². The second-order valence-electron chi connectivity index (χ2n) is 4.17. The van der Waals surface area contributed by atoms with Gasteiger partial charge in [0.1, 0.15) is 0 Å². The lowest BCUT2D eigenvalue weighted by atomic mass is 10.0. The van der Waals surface area contributed by atoms with Gasteiger partial charge in [-0.05, 0) is 26.7 Å². The van der Waals surface area contributed by atoms with Gasteiger partial charge in [0.2, 0.25) is 0 Å². The summed E-state index contributed by atoms with van der Waals surface area (Å²) in [5, 5.41) is 7.24. The van der Waals surface area contributed by atoms with E-state index < -0.39 is 0 Å². The summed E-state index contributed by atoms with van der Waals surface area (Å²) in [6, 6.07) is 1.42. The van der Waals surface area contributed by atoms with Crippen molar-refractivity contribution in [3.8, 4) is 0 Å². The van der Waals surface area contributed by atoms with Crippen LogP contribution >= 0.6 is 11.8 Å². The zero-order valence-corrected chi connectivity index (χ0v) is 8.71. The molecule has 3 unspecified atom stereocenters. The summed E-state index contributed by atoms with van der Waals surface area (Å²) < 4.78 is 0. The predicted octanol–water partition coefficient (Wildman–Crippen LogP) is 1.18.